The molecule has 1 aromatic heterocycles. The molecular weight excluding hydrogens is 486 g/mol. The zero-order valence-electron chi connectivity index (χ0n) is 21.1. The Kier molecular flexibility index (Phi) is 6.15. The van der Waals surface area contributed by atoms with Gasteiger partial charge in [0.05, 0.1) is 18.9 Å². The van der Waals surface area contributed by atoms with E-state index in [1.807, 2.05) is 61.5 Å². The van der Waals surface area contributed by atoms with E-state index in [-0.39, 0.29) is 25.1 Å². The Hall–Kier alpha value is -4.46. The highest BCUT2D eigenvalue weighted by atomic mass is 16.7. The highest BCUT2D eigenvalue weighted by Crippen LogP contribution is 2.47. The lowest BCUT2D eigenvalue weighted by molar-refractivity contribution is -0.140. The third kappa shape index (κ3) is 4.32. The van der Waals surface area contributed by atoms with Gasteiger partial charge in [-0.2, -0.15) is 0 Å². The Labute approximate surface area is 219 Å². The topological polar surface area (TPSA) is 96.2 Å². The van der Waals surface area contributed by atoms with E-state index in [4.69, 9.17) is 23.4 Å². The number of esters is 1. The number of dihydropyridines is 1. The van der Waals surface area contributed by atoms with Crippen molar-refractivity contribution >= 4 is 11.8 Å². The molecule has 8 nitrogen and oxygen atoms in total. The summed E-state index contributed by atoms with van der Waals surface area (Å²) in [6.07, 6.45) is 2.51. The quantitative estimate of drug-likeness (QED) is 0.454. The summed E-state index contributed by atoms with van der Waals surface area (Å²) in [6, 6.07) is 16.6. The molecule has 2 aliphatic heterocycles. The summed E-state index contributed by atoms with van der Waals surface area (Å²) >= 11 is 0. The first-order chi connectivity index (χ1) is 18.5. The SMILES string of the molecule is COc1ccc(COC(=O)C2=C(C)NC3=C(C(=O)CC(c4ccco4)C3)C2c2ccc3c(c2)OCO3)cc1. The average molecular weight is 514 g/mol. The van der Waals surface area contributed by atoms with E-state index in [1.165, 1.54) is 0 Å². The monoisotopic (exact) mass is 513 g/mol. The van der Waals surface area contributed by atoms with Crippen LogP contribution in [0.25, 0.3) is 0 Å². The predicted octanol–water partition coefficient (Wildman–Crippen LogP) is 5.12. The van der Waals surface area contributed by atoms with E-state index in [2.05, 4.69) is 5.32 Å². The molecule has 0 saturated heterocycles. The van der Waals surface area contributed by atoms with Crippen molar-refractivity contribution in [3.05, 3.63) is 100 Å². The van der Waals surface area contributed by atoms with Gasteiger partial charge < -0.3 is 28.7 Å². The molecule has 0 radical (unpaired) electrons. The minimum absolute atomic E-state index is 0.0317. The first kappa shape index (κ1) is 23.9. The number of hydrogen-bond donors (Lipinski definition) is 1. The fourth-order valence-electron chi connectivity index (χ4n) is 5.41. The number of nitrogens with one attached hydrogen (secondary N) is 1. The summed E-state index contributed by atoms with van der Waals surface area (Å²) in [4.78, 5) is 27.3. The van der Waals surface area contributed by atoms with Crippen molar-refractivity contribution in [2.45, 2.75) is 38.2 Å². The molecule has 2 unspecified atom stereocenters. The number of hydrogen-bond acceptors (Lipinski definition) is 8. The Morgan fingerprint density at radius 1 is 1.05 bits per heavy atom. The van der Waals surface area contributed by atoms with Gasteiger partial charge in [0.25, 0.3) is 0 Å². The zero-order valence-corrected chi connectivity index (χ0v) is 21.1. The predicted molar refractivity (Wildman–Crippen MR) is 137 cm³/mol. The minimum Gasteiger partial charge on any atom is -0.497 e. The number of methoxy groups -OCH3 is 1. The van der Waals surface area contributed by atoms with Gasteiger partial charge in [-0.05, 0) is 60.9 Å². The Bertz CT molecular complexity index is 1450. The summed E-state index contributed by atoms with van der Waals surface area (Å²) in [7, 11) is 1.60. The lowest BCUT2D eigenvalue weighted by Gasteiger charge is -2.36. The largest absolute Gasteiger partial charge is 0.497 e. The number of carbonyl (C=O) groups excluding carboxylic acids is 2. The van der Waals surface area contributed by atoms with Crippen molar-refractivity contribution in [1.82, 2.24) is 5.32 Å². The smallest absolute Gasteiger partial charge is 0.337 e. The summed E-state index contributed by atoms with van der Waals surface area (Å²) in [6.45, 7) is 2.07. The van der Waals surface area contributed by atoms with Crippen LogP contribution in [0.15, 0.2) is 87.8 Å². The summed E-state index contributed by atoms with van der Waals surface area (Å²) in [5.41, 5.74) is 4.03. The zero-order chi connectivity index (χ0) is 26.2. The van der Waals surface area contributed by atoms with Gasteiger partial charge in [-0.15, -0.1) is 0 Å². The van der Waals surface area contributed by atoms with Crippen LogP contribution in [0.5, 0.6) is 17.2 Å². The number of Topliss-reactive ketones (excluding diaryl/α,β-unsaturated/α-hetero) is 1. The van der Waals surface area contributed by atoms with Gasteiger partial charge in [0.15, 0.2) is 17.3 Å². The van der Waals surface area contributed by atoms with Crippen molar-refractivity contribution in [3.63, 3.8) is 0 Å². The van der Waals surface area contributed by atoms with Crippen LogP contribution in [0.4, 0.5) is 0 Å². The molecule has 2 aromatic carbocycles. The molecule has 3 heterocycles. The molecule has 2 atom stereocenters. The van der Waals surface area contributed by atoms with Crippen LogP contribution in [-0.4, -0.2) is 25.7 Å². The molecule has 0 bridgehead atoms. The number of ether oxygens (including phenoxy) is 4. The molecule has 3 aromatic rings. The van der Waals surface area contributed by atoms with Gasteiger partial charge in [-0.3, -0.25) is 4.79 Å². The second-order valence-electron chi connectivity index (χ2n) is 9.57. The highest BCUT2D eigenvalue weighted by Gasteiger charge is 2.42. The number of fused-ring (bicyclic) bond motifs is 1. The Morgan fingerprint density at radius 2 is 1.87 bits per heavy atom. The van der Waals surface area contributed by atoms with Crippen LogP contribution < -0.4 is 19.5 Å². The highest BCUT2D eigenvalue weighted by molar-refractivity contribution is 6.04. The first-order valence-corrected chi connectivity index (χ1v) is 12.5. The van der Waals surface area contributed by atoms with Gasteiger partial charge in [-0.1, -0.05) is 18.2 Å². The minimum atomic E-state index is -0.603. The van der Waals surface area contributed by atoms with Gasteiger partial charge in [-0.25, -0.2) is 4.79 Å². The third-order valence-electron chi connectivity index (χ3n) is 7.25. The van der Waals surface area contributed by atoms with Crippen LogP contribution >= 0.6 is 0 Å². The number of ketones is 1. The molecule has 0 fully saturated rings. The fraction of sp³-hybridized carbons (Fsp3) is 0.267. The van der Waals surface area contributed by atoms with E-state index in [0.29, 0.717) is 41.2 Å². The second-order valence-corrected chi connectivity index (χ2v) is 9.57. The van der Waals surface area contributed by atoms with Crippen LogP contribution in [0.3, 0.4) is 0 Å². The van der Waals surface area contributed by atoms with Crippen LogP contribution in [-0.2, 0) is 20.9 Å². The molecule has 1 N–H and O–H groups in total. The third-order valence-corrected chi connectivity index (χ3v) is 7.25. The molecule has 0 spiro atoms. The molecule has 0 amide bonds. The van der Waals surface area contributed by atoms with Crippen molar-refractivity contribution in [2.24, 2.45) is 0 Å². The number of rotatable bonds is 6. The van der Waals surface area contributed by atoms with Crippen LogP contribution in [0, 0.1) is 0 Å². The molecular formula is C30H27NO7. The van der Waals surface area contributed by atoms with Gasteiger partial charge >= 0.3 is 5.97 Å². The lowest BCUT2D eigenvalue weighted by Crippen LogP contribution is -2.36. The van der Waals surface area contributed by atoms with E-state index in [9.17, 15) is 9.59 Å². The number of benzene rings is 2. The second kappa shape index (κ2) is 9.78. The number of allylic oxidation sites excluding steroid dienone is 3. The van der Waals surface area contributed by atoms with Gasteiger partial charge in [0.1, 0.15) is 18.1 Å². The lowest BCUT2D eigenvalue weighted by atomic mass is 9.72. The van der Waals surface area contributed by atoms with E-state index in [0.717, 1.165) is 28.3 Å². The Morgan fingerprint density at radius 3 is 2.63 bits per heavy atom. The van der Waals surface area contributed by atoms with Gasteiger partial charge in [0.2, 0.25) is 6.79 Å². The van der Waals surface area contributed by atoms with Crippen LogP contribution in [0.1, 0.15) is 48.5 Å². The van der Waals surface area contributed by atoms with E-state index in [1.54, 1.807) is 13.4 Å². The van der Waals surface area contributed by atoms with Crippen molar-refractivity contribution < 1.29 is 33.0 Å². The van der Waals surface area contributed by atoms with Crippen molar-refractivity contribution in [2.75, 3.05) is 13.9 Å². The number of furan rings is 1. The first-order valence-electron chi connectivity index (χ1n) is 12.5. The summed E-state index contributed by atoms with van der Waals surface area (Å²) in [5, 5.41) is 3.36. The fourth-order valence-corrected chi connectivity index (χ4v) is 5.41. The number of carbonyl (C=O) groups is 2. The maximum atomic E-state index is 13.7. The van der Waals surface area contributed by atoms with E-state index < -0.39 is 11.9 Å². The van der Waals surface area contributed by atoms with Crippen LogP contribution in [0.2, 0.25) is 0 Å². The normalized spacial score (nSPS) is 20.2. The molecule has 6 rings (SSSR count). The standard InChI is InChI=1S/C30H27NO7/c1-17-27(30(33)36-15-18-5-8-21(34-2)9-6-18)28(19-7-10-25-26(14-19)38-16-37-25)29-22(31-17)12-20(13-23(29)32)24-4-3-11-35-24/h3-11,14,20,28,31H,12-13,15-16H2,1-2H3. The molecule has 194 valence electrons. The van der Waals surface area contributed by atoms with Crippen molar-refractivity contribution in [3.8, 4) is 17.2 Å². The maximum absolute atomic E-state index is 13.7. The van der Waals surface area contributed by atoms with Gasteiger partial charge in [0, 0.05) is 35.2 Å². The molecule has 8 heteroatoms. The molecule has 0 saturated carbocycles. The molecule has 38 heavy (non-hydrogen) atoms. The Balaban J connectivity index is 1.35. The summed E-state index contributed by atoms with van der Waals surface area (Å²) < 4.78 is 27.7. The molecule has 1 aliphatic carbocycles. The van der Waals surface area contributed by atoms with E-state index >= 15 is 0 Å². The van der Waals surface area contributed by atoms with Crippen molar-refractivity contribution in [1.29, 1.82) is 0 Å². The average Bonchev–Trinajstić information content (AvgIpc) is 3.63. The molecule has 3 aliphatic rings. The maximum Gasteiger partial charge on any atom is 0.337 e. The summed E-state index contributed by atoms with van der Waals surface area (Å²) in [5.74, 6) is 1.53.